The summed E-state index contributed by atoms with van der Waals surface area (Å²) in [5, 5.41) is 4.05. The molecular weight excluding hydrogens is 316 g/mol. The molecule has 0 aromatic carbocycles. The molecule has 1 aliphatic carbocycles. The van der Waals surface area contributed by atoms with E-state index in [4.69, 9.17) is 4.52 Å². The molecular formula is C15H24N4O3S. The normalized spacial score (nSPS) is 27.6. The molecule has 0 spiro atoms. The summed E-state index contributed by atoms with van der Waals surface area (Å²) in [6.45, 7) is 2.53. The lowest BCUT2D eigenvalue weighted by Crippen LogP contribution is -2.47. The van der Waals surface area contributed by atoms with Crippen molar-refractivity contribution in [2.75, 3.05) is 26.2 Å². The Labute approximate surface area is 137 Å². The Morgan fingerprint density at radius 3 is 2.52 bits per heavy atom. The van der Waals surface area contributed by atoms with Gasteiger partial charge in [0.05, 0.1) is 0 Å². The minimum absolute atomic E-state index is 0.272. The average molecular weight is 340 g/mol. The van der Waals surface area contributed by atoms with E-state index in [9.17, 15) is 8.42 Å². The molecule has 2 aliphatic heterocycles. The smallest absolute Gasteiger partial charge is 0.281 e. The van der Waals surface area contributed by atoms with Crippen LogP contribution in [0.3, 0.4) is 0 Å². The molecule has 1 atom stereocenters. The van der Waals surface area contributed by atoms with E-state index in [0.717, 1.165) is 44.3 Å². The van der Waals surface area contributed by atoms with Gasteiger partial charge >= 0.3 is 0 Å². The highest BCUT2D eigenvalue weighted by atomic mass is 32.2. The van der Waals surface area contributed by atoms with Gasteiger partial charge in [-0.1, -0.05) is 5.16 Å². The molecule has 3 fully saturated rings. The second-order valence-electron chi connectivity index (χ2n) is 7.00. The summed E-state index contributed by atoms with van der Waals surface area (Å²) in [5.41, 5.74) is 0. The third-order valence-corrected chi connectivity index (χ3v) is 7.09. The van der Waals surface area contributed by atoms with Gasteiger partial charge in [0.2, 0.25) is 5.89 Å². The molecule has 3 heterocycles. The first-order valence-electron chi connectivity index (χ1n) is 8.70. The molecule has 8 heteroatoms. The third kappa shape index (κ3) is 3.29. The van der Waals surface area contributed by atoms with Crippen molar-refractivity contribution in [1.29, 1.82) is 0 Å². The molecule has 0 unspecified atom stereocenters. The van der Waals surface area contributed by atoms with Crippen molar-refractivity contribution >= 4 is 10.2 Å². The Kier molecular flexibility index (Phi) is 4.15. The van der Waals surface area contributed by atoms with Gasteiger partial charge in [-0.2, -0.15) is 22.0 Å². The predicted octanol–water partition coefficient (Wildman–Crippen LogP) is 1.54. The van der Waals surface area contributed by atoms with Crippen LogP contribution in [-0.2, 0) is 16.6 Å². The van der Waals surface area contributed by atoms with Crippen molar-refractivity contribution < 1.29 is 12.9 Å². The highest BCUT2D eigenvalue weighted by molar-refractivity contribution is 7.86. The Balaban J connectivity index is 1.39. The van der Waals surface area contributed by atoms with Crippen LogP contribution in [0.1, 0.15) is 56.2 Å². The summed E-state index contributed by atoms with van der Waals surface area (Å²) in [6.07, 6.45) is 6.87. The number of hydrogen-bond donors (Lipinski definition) is 0. The van der Waals surface area contributed by atoms with Crippen LogP contribution in [0, 0.1) is 5.92 Å². The zero-order chi connectivity index (χ0) is 15.9. The molecule has 4 rings (SSSR count). The third-order valence-electron chi connectivity index (χ3n) is 5.09. The lowest BCUT2D eigenvalue weighted by Gasteiger charge is -2.33. The van der Waals surface area contributed by atoms with Crippen molar-refractivity contribution in [2.24, 2.45) is 5.92 Å². The minimum atomic E-state index is -3.29. The molecule has 0 N–H and O–H groups in total. The van der Waals surface area contributed by atoms with Crippen molar-refractivity contribution in [2.45, 2.75) is 50.9 Å². The predicted molar refractivity (Wildman–Crippen MR) is 84.0 cm³/mol. The molecule has 23 heavy (non-hydrogen) atoms. The number of rotatable bonds is 5. The number of piperidine rings is 1. The Bertz CT molecular complexity index is 649. The topological polar surface area (TPSA) is 79.5 Å². The maximum atomic E-state index is 12.7. The molecule has 7 nitrogen and oxygen atoms in total. The second kappa shape index (κ2) is 6.14. The van der Waals surface area contributed by atoms with Gasteiger partial charge in [-0.3, -0.25) is 0 Å². The van der Waals surface area contributed by atoms with Gasteiger partial charge < -0.3 is 4.52 Å². The van der Waals surface area contributed by atoms with E-state index in [1.165, 1.54) is 0 Å². The number of aromatic nitrogens is 2. The molecule has 2 saturated heterocycles. The van der Waals surface area contributed by atoms with Crippen LogP contribution in [0.2, 0.25) is 0 Å². The Morgan fingerprint density at radius 2 is 1.78 bits per heavy atom. The molecule has 1 aromatic heterocycles. The molecule has 0 radical (unpaired) electrons. The van der Waals surface area contributed by atoms with Crippen LogP contribution in [0.4, 0.5) is 0 Å². The first-order chi connectivity index (χ1) is 11.1. The number of nitrogens with zero attached hydrogens (tertiary/aromatic N) is 4. The maximum Gasteiger partial charge on any atom is 0.281 e. The minimum Gasteiger partial charge on any atom is -0.339 e. The van der Waals surface area contributed by atoms with Crippen LogP contribution < -0.4 is 0 Å². The molecule has 128 valence electrons. The monoisotopic (exact) mass is 340 g/mol. The van der Waals surface area contributed by atoms with Gasteiger partial charge in [0.1, 0.15) is 0 Å². The summed E-state index contributed by atoms with van der Waals surface area (Å²) >= 11 is 0. The summed E-state index contributed by atoms with van der Waals surface area (Å²) in [5.74, 6) is 2.26. The quantitative estimate of drug-likeness (QED) is 0.812. The van der Waals surface area contributed by atoms with E-state index >= 15 is 0 Å². The van der Waals surface area contributed by atoms with E-state index in [2.05, 4.69) is 10.1 Å². The Hall–Kier alpha value is -0.990. The summed E-state index contributed by atoms with van der Waals surface area (Å²) < 4.78 is 34.0. The lowest BCUT2D eigenvalue weighted by molar-refractivity contribution is 0.235. The highest BCUT2D eigenvalue weighted by Crippen LogP contribution is 2.38. The lowest BCUT2D eigenvalue weighted by atomic mass is 9.96. The van der Waals surface area contributed by atoms with Crippen molar-refractivity contribution in [3.63, 3.8) is 0 Å². The fourth-order valence-electron chi connectivity index (χ4n) is 3.59. The van der Waals surface area contributed by atoms with Gasteiger partial charge in [0, 0.05) is 38.5 Å². The fraction of sp³-hybridized carbons (Fsp3) is 0.867. The summed E-state index contributed by atoms with van der Waals surface area (Å²) in [7, 11) is -3.29. The van der Waals surface area contributed by atoms with E-state index in [-0.39, 0.29) is 5.92 Å². The first kappa shape index (κ1) is 15.5. The van der Waals surface area contributed by atoms with E-state index in [1.807, 2.05) is 0 Å². The molecule has 3 aliphatic rings. The number of hydrogen-bond acceptors (Lipinski definition) is 5. The zero-order valence-corrected chi connectivity index (χ0v) is 14.2. The average Bonchev–Trinajstić information content (AvgIpc) is 3.05. The SMILES string of the molecule is O=S(=O)(N1CCCC1)N1CCC[C@@H](Cc2nc(C3CC3)no2)C1. The van der Waals surface area contributed by atoms with Gasteiger partial charge in [0.15, 0.2) is 5.82 Å². The largest absolute Gasteiger partial charge is 0.339 e. The van der Waals surface area contributed by atoms with Crippen LogP contribution in [-0.4, -0.2) is 53.3 Å². The van der Waals surface area contributed by atoms with Crippen LogP contribution in [0.25, 0.3) is 0 Å². The van der Waals surface area contributed by atoms with Crippen LogP contribution >= 0.6 is 0 Å². The summed E-state index contributed by atoms with van der Waals surface area (Å²) in [4.78, 5) is 4.47. The van der Waals surface area contributed by atoms with Gasteiger partial charge in [-0.25, -0.2) is 0 Å². The van der Waals surface area contributed by atoms with E-state index < -0.39 is 10.2 Å². The van der Waals surface area contributed by atoms with Crippen molar-refractivity contribution in [3.05, 3.63) is 11.7 Å². The first-order valence-corrected chi connectivity index (χ1v) is 10.1. The second-order valence-corrected chi connectivity index (χ2v) is 8.93. The molecule has 1 saturated carbocycles. The van der Waals surface area contributed by atoms with Gasteiger partial charge in [-0.15, -0.1) is 0 Å². The Morgan fingerprint density at radius 1 is 1.04 bits per heavy atom. The molecule has 1 aromatic rings. The van der Waals surface area contributed by atoms with Gasteiger partial charge in [-0.05, 0) is 44.4 Å². The standard InChI is InChI=1S/C15H24N4O3S/c20-23(21,18-7-1-2-8-18)19-9-3-4-12(11-19)10-14-16-15(17-22-14)13-5-6-13/h12-13H,1-11H2/t12-/m0/s1. The van der Waals surface area contributed by atoms with E-state index in [0.29, 0.717) is 44.4 Å². The van der Waals surface area contributed by atoms with Crippen molar-refractivity contribution in [3.8, 4) is 0 Å². The fourth-order valence-corrected chi connectivity index (χ4v) is 5.40. The van der Waals surface area contributed by atoms with E-state index in [1.54, 1.807) is 8.61 Å². The summed E-state index contributed by atoms with van der Waals surface area (Å²) in [6, 6.07) is 0. The maximum absolute atomic E-state index is 12.7. The van der Waals surface area contributed by atoms with Crippen LogP contribution in [0.15, 0.2) is 4.52 Å². The molecule has 0 bridgehead atoms. The van der Waals surface area contributed by atoms with Crippen LogP contribution in [0.5, 0.6) is 0 Å². The zero-order valence-electron chi connectivity index (χ0n) is 13.4. The van der Waals surface area contributed by atoms with Gasteiger partial charge in [0.25, 0.3) is 10.2 Å². The highest BCUT2D eigenvalue weighted by Gasteiger charge is 2.35. The van der Waals surface area contributed by atoms with Crippen molar-refractivity contribution in [1.82, 2.24) is 18.8 Å². The molecule has 0 amide bonds.